The number of hydrogen-bond donors (Lipinski definition) is 1. The largest absolute Gasteiger partial charge is 0.354 e. The monoisotopic (exact) mass is 463 g/mol. The Hall–Kier alpha value is -0.810. The Morgan fingerprint density at radius 3 is 2.92 bits per heavy atom. The lowest BCUT2D eigenvalue weighted by Gasteiger charge is -2.22. The van der Waals surface area contributed by atoms with Crippen LogP contribution in [0.1, 0.15) is 23.5 Å². The van der Waals surface area contributed by atoms with Crippen LogP contribution < -0.4 is 5.32 Å². The molecule has 25 heavy (non-hydrogen) atoms. The molecule has 3 rings (SSSR count). The molecule has 1 unspecified atom stereocenters. The molecule has 6 nitrogen and oxygen atoms in total. The third kappa shape index (κ3) is 4.30. The fraction of sp³-hybridized carbons (Fsp3) is 0.467. The van der Waals surface area contributed by atoms with Crippen LogP contribution in [-0.2, 0) is 21.2 Å². The van der Waals surface area contributed by atoms with E-state index in [9.17, 15) is 13.2 Å². The van der Waals surface area contributed by atoms with Gasteiger partial charge in [0.05, 0.1) is 14.5 Å². The van der Waals surface area contributed by atoms with E-state index in [4.69, 9.17) is 0 Å². The molecule has 0 saturated carbocycles. The van der Waals surface area contributed by atoms with Crippen molar-refractivity contribution in [1.29, 1.82) is 0 Å². The molecule has 10 heteroatoms. The number of aromatic nitrogens is 1. The van der Waals surface area contributed by atoms with Crippen LogP contribution in [0.4, 0.5) is 0 Å². The molecule has 0 radical (unpaired) electrons. The van der Waals surface area contributed by atoms with E-state index in [-0.39, 0.29) is 10.1 Å². The standard InChI is InChI=1S/C15H18BrN3O3S3/c1-10-18-11(9-23-10)6-7-17-15(20)12-3-2-8-19(12)25(21,22)14-5-4-13(16)24-14/h4-5,9,12H,2-3,6-8H2,1H3,(H,17,20). The minimum atomic E-state index is -3.64. The van der Waals surface area contributed by atoms with Gasteiger partial charge in [-0.1, -0.05) is 0 Å². The van der Waals surface area contributed by atoms with Crippen molar-refractivity contribution in [2.75, 3.05) is 13.1 Å². The maximum Gasteiger partial charge on any atom is 0.253 e. The molecule has 0 spiro atoms. The molecule has 0 aromatic carbocycles. The molecule has 1 aliphatic heterocycles. The Kier molecular flexibility index (Phi) is 5.94. The SMILES string of the molecule is Cc1nc(CCNC(=O)C2CCCN2S(=O)(=O)c2ccc(Br)s2)cs1. The zero-order valence-corrected chi connectivity index (χ0v) is 17.6. The fourth-order valence-electron chi connectivity index (χ4n) is 2.80. The highest BCUT2D eigenvalue weighted by atomic mass is 79.9. The fourth-order valence-corrected chi connectivity index (χ4v) is 7.24. The third-order valence-corrected chi connectivity index (χ3v) is 8.79. The summed E-state index contributed by atoms with van der Waals surface area (Å²) >= 11 is 6.03. The lowest BCUT2D eigenvalue weighted by Crippen LogP contribution is -2.46. The molecular formula is C15H18BrN3O3S3. The van der Waals surface area contributed by atoms with Crippen LogP contribution in [0.15, 0.2) is 25.5 Å². The normalized spacial score (nSPS) is 18.6. The number of sulfonamides is 1. The highest BCUT2D eigenvalue weighted by molar-refractivity contribution is 9.11. The number of nitrogens with zero attached hydrogens (tertiary/aromatic N) is 2. The second-order valence-electron chi connectivity index (χ2n) is 5.73. The molecule has 1 fully saturated rings. The molecule has 0 aliphatic carbocycles. The van der Waals surface area contributed by atoms with E-state index < -0.39 is 16.1 Å². The predicted molar refractivity (Wildman–Crippen MR) is 102 cm³/mol. The Balaban J connectivity index is 1.63. The quantitative estimate of drug-likeness (QED) is 0.713. The van der Waals surface area contributed by atoms with Crippen molar-refractivity contribution < 1.29 is 13.2 Å². The van der Waals surface area contributed by atoms with Gasteiger partial charge < -0.3 is 5.32 Å². The average Bonchev–Trinajstić information content (AvgIpc) is 3.27. The van der Waals surface area contributed by atoms with Crippen LogP contribution in [0.2, 0.25) is 0 Å². The number of carbonyl (C=O) groups is 1. The summed E-state index contributed by atoms with van der Waals surface area (Å²) in [5, 5.41) is 5.83. The van der Waals surface area contributed by atoms with Gasteiger partial charge in [-0.05, 0) is 47.8 Å². The molecule has 1 N–H and O–H groups in total. The van der Waals surface area contributed by atoms with Gasteiger partial charge in [-0.2, -0.15) is 4.31 Å². The van der Waals surface area contributed by atoms with Crippen LogP contribution >= 0.6 is 38.6 Å². The lowest BCUT2D eigenvalue weighted by atomic mass is 10.2. The topological polar surface area (TPSA) is 79.4 Å². The average molecular weight is 464 g/mol. The first-order chi connectivity index (χ1) is 11.9. The first-order valence-corrected chi connectivity index (χ1v) is 11.8. The van der Waals surface area contributed by atoms with E-state index in [2.05, 4.69) is 26.2 Å². The molecule has 1 amide bonds. The number of carbonyl (C=O) groups excluding carboxylic acids is 1. The summed E-state index contributed by atoms with van der Waals surface area (Å²) in [6.07, 6.45) is 1.88. The minimum Gasteiger partial charge on any atom is -0.354 e. The molecule has 1 aliphatic rings. The number of hydrogen-bond acceptors (Lipinski definition) is 6. The van der Waals surface area contributed by atoms with Gasteiger partial charge in [-0.25, -0.2) is 13.4 Å². The number of halogens is 1. The Bertz CT molecular complexity index is 862. The maximum atomic E-state index is 12.8. The predicted octanol–water partition coefficient (Wildman–Crippen LogP) is 2.79. The van der Waals surface area contributed by atoms with E-state index in [1.54, 1.807) is 23.5 Å². The Labute approximate surface area is 163 Å². The van der Waals surface area contributed by atoms with Crippen LogP contribution in [-0.4, -0.2) is 42.7 Å². The second-order valence-corrected chi connectivity index (χ2v) is 11.4. The summed E-state index contributed by atoms with van der Waals surface area (Å²) in [7, 11) is -3.64. The smallest absolute Gasteiger partial charge is 0.253 e. The number of rotatable bonds is 6. The molecule has 2 aromatic heterocycles. The van der Waals surface area contributed by atoms with Gasteiger partial charge in [-0.3, -0.25) is 4.79 Å². The van der Waals surface area contributed by atoms with E-state index in [0.29, 0.717) is 32.4 Å². The van der Waals surface area contributed by atoms with E-state index in [1.807, 2.05) is 12.3 Å². The number of thiophene rings is 1. The van der Waals surface area contributed by atoms with E-state index >= 15 is 0 Å². The number of aryl methyl sites for hydroxylation is 1. The van der Waals surface area contributed by atoms with Gasteiger partial charge in [0.2, 0.25) is 5.91 Å². The highest BCUT2D eigenvalue weighted by Crippen LogP contribution is 2.32. The van der Waals surface area contributed by atoms with Crippen molar-refractivity contribution in [2.45, 2.75) is 36.4 Å². The summed E-state index contributed by atoms with van der Waals surface area (Å²) < 4.78 is 27.9. The van der Waals surface area contributed by atoms with Crippen molar-refractivity contribution in [3.05, 3.63) is 32.0 Å². The lowest BCUT2D eigenvalue weighted by molar-refractivity contribution is -0.124. The molecular weight excluding hydrogens is 446 g/mol. The van der Waals surface area contributed by atoms with Crippen LogP contribution in [0.5, 0.6) is 0 Å². The first kappa shape index (κ1) is 19.0. The van der Waals surface area contributed by atoms with Crippen molar-refractivity contribution in [3.8, 4) is 0 Å². The first-order valence-electron chi connectivity index (χ1n) is 7.84. The Morgan fingerprint density at radius 2 is 2.28 bits per heavy atom. The third-order valence-electron chi connectivity index (χ3n) is 3.96. The summed E-state index contributed by atoms with van der Waals surface area (Å²) in [6.45, 7) is 2.77. The Morgan fingerprint density at radius 1 is 1.48 bits per heavy atom. The van der Waals surface area contributed by atoms with Crippen LogP contribution in [0, 0.1) is 6.92 Å². The van der Waals surface area contributed by atoms with Gasteiger partial charge >= 0.3 is 0 Å². The number of amides is 1. The molecule has 1 atom stereocenters. The van der Waals surface area contributed by atoms with Gasteiger partial charge in [0.25, 0.3) is 10.0 Å². The van der Waals surface area contributed by atoms with Crippen LogP contribution in [0.25, 0.3) is 0 Å². The van der Waals surface area contributed by atoms with Gasteiger partial charge in [0.1, 0.15) is 10.3 Å². The van der Waals surface area contributed by atoms with Gasteiger partial charge in [0.15, 0.2) is 0 Å². The highest BCUT2D eigenvalue weighted by Gasteiger charge is 2.39. The van der Waals surface area contributed by atoms with Crippen LogP contribution in [0.3, 0.4) is 0 Å². The summed E-state index contributed by atoms with van der Waals surface area (Å²) in [4.78, 5) is 16.9. The summed E-state index contributed by atoms with van der Waals surface area (Å²) in [6, 6.07) is 2.64. The summed E-state index contributed by atoms with van der Waals surface area (Å²) in [5.41, 5.74) is 0.946. The number of nitrogens with one attached hydrogen (secondary N) is 1. The summed E-state index contributed by atoms with van der Waals surface area (Å²) in [5.74, 6) is -0.233. The molecule has 2 aromatic rings. The zero-order valence-electron chi connectivity index (χ0n) is 13.6. The van der Waals surface area contributed by atoms with E-state index in [0.717, 1.165) is 25.8 Å². The van der Waals surface area contributed by atoms with E-state index in [1.165, 1.54) is 4.31 Å². The molecule has 136 valence electrons. The van der Waals surface area contributed by atoms with Crippen molar-refractivity contribution in [3.63, 3.8) is 0 Å². The molecule has 1 saturated heterocycles. The molecule has 0 bridgehead atoms. The zero-order chi connectivity index (χ0) is 18.0. The van der Waals surface area contributed by atoms with Gasteiger partial charge in [-0.15, -0.1) is 22.7 Å². The van der Waals surface area contributed by atoms with Crippen molar-refractivity contribution >= 4 is 54.5 Å². The molecule has 3 heterocycles. The van der Waals surface area contributed by atoms with Crippen molar-refractivity contribution in [1.82, 2.24) is 14.6 Å². The second kappa shape index (κ2) is 7.83. The number of thiazole rings is 1. The maximum absolute atomic E-state index is 12.8. The minimum absolute atomic E-state index is 0.233. The van der Waals surface area contributed by atoms with Gasteiger partial charge in [0, 0.05) is 24.9 Å². The van der Waals surface area contributed by atoms with Crippen molar-refractivity contribution in [2.24, 2.45) is 0 Å².